The first kappa shape index (κ1) is 28.3. The number of methoxy groups -OCH3 is 2. The highest BCUT2D eigenvalue weighted by Gasteiger charge is 2.42. The molecule has 3 aromatic heterocycles. The average Bonchev–Trinajstić information content (AvgIpc) is 3.78. The van der Waals surface area contributed by atoms with Gasteiger partial charge in [0.05, 0.1) is 43.0 Å². The molecule has 220 valence electrons. The van der Waals surface area contributed by atoms with E-state index >= 15 is 0 Å². The van der Waals surface area contributed by atoms with Gasteiger partial charge < -0.3 is 28.6 Å². The van der Waals surface area contributed by atoms with Gasteiger partial charge in [0.1, 0.15) is 41.5 Å². The van der Waals surface area contributed by atoms with Gasteiger partial charge in [-0.2, -0.15) is 5.26 Å². The largest absolute Gasteiger partial charge is 0.496 e. The first-order valence-corrected chi connectivity index (χ1v) is 15.3. The minimum Gasteiger partial charge on any atom is -0.496 e. The fourth-order valence-electron chi connectivity index (χ4n) is 5.32. The van der Waals surface area contributed by atoms with E-state index in [2.05, 4.69) is 10.1 Å². The molecule has 2 aliphatic rings. The van der Waals surface area contributed by atoms with Gasteiger partial charge in [0, 0.05) is 30.9 Å². The van der Waals surface area contributed by atoms with Crippen molar-refractivity contribution in [3.05, 3.63) is 24.4 Å². The number of amides is 1. The van der Waals surface area contributed by atoms with Gasteiger partial charge in [0.15, 0.2) is 5.76 Å². The molecule has 1 amide bonds. The van der Waals surface area contributed by atoms with Crippen molar-refractivity contribution >= 4 is 50.0 Å². The third-order valence-corrected chi connectivity index (χ3v) is 9.84. The van der Waals surface area contributed by atoms with Crippen molar-refractivity contribution < 1.29 is 28.5 Å². The number of carbonyl (C=O) groups is 1. The van der Waals surface area contributed by atoms with Crippen LogP contribution in [0.25, 0.3) is 27.4 Å². The highest BCUT2D eigenvalue weighted by atomic mass is 32.2. The van der Waals surface area contributed by atoms with Crippen LogP contribution in [0.2, 0.25) is 0 Å². The lowest BCUT2D eigenvalue weighted by Gasteiger charge is -2.36. The molecule has 1 aliphatic heterocycles. The number of aromatic nitrogens is 3. The fraction of sp³-hybridized carbons (Fsp3) is 0.464. The molecule has 1 aliphatic carbocycles. The van der Waals surface area contributed by atoms with Gasteiger partial charge in [-0.1, -0.05) is 0 Å². The van der Waals surface area contributed by atoms with Crippen LogP contribution in [0.1, 0.15) is 25.7 Å². The maximum Gasteiger partial charge on any atom is 0.294 e. The Bertz CT molecular complexity index is 1660. The zero-order valence-electron chi connectivity index (χ0n) is 23.4. The number of imidazole rings is 1. The van der Waals surface area contributed by atoms with E-state index in [1.807, 2.05) is 24.3 Å². The van der Waals surface area contributed by atoms with Crippen molar-refractivity contribution in [2.45, 2.75) is 37.3 Å². The molecule has 0 radical (unpaired) electrons. The third-order valence-electron chi connectivity index (χ3n) is 7.65. The highest BCUT2D eigenvalue weighted by molar-refractivity contribution is 8.14. The Balaban J connectivity index is 1.14. The van der Waals surface area contributed by atoms with E-state index in [9.17, 15) is 9.90 Å². The van der Waals surface area contributed by atoms with Crippen molar-refractivity contribution in [3.8, 4) is 34.2 Å². The average molecular weight is 611 g/mol. The molecule has 42 heavy (non-hydrogen) atoms. The Labute approximate surface area is 249 Å². The fourth-order valence-corrected chi connectivity index (χ4v) is 7.24. The second-order valence-electron chi connectivity index (χ2n) is 10.4. The van der Waals surface area contributed by atoms with E-state index in [0.29, 0.717) is 81.8 Å². The highest BCUT2D eigenvalue weighted by Crippen LogP contribution is 2.40. The van der Waals surface area contributed by atoms with Gasteiger partial charge in [-0.25, -0.2) is 9.50 Å². The van der Waals surface area contributed by atoms with Crippen LogP contribution in [0.15, 0.2) is 33.8 Å². The lowest BCUT2D eigenvalue weighted by atomic mass is 9.78. The summed E-state index contributed by atoms with van der Waals surface area (Å²) in [6, 6.07) is 7.39. The second-order valence-corrected chi connectivity index (χ2v) is 12.4. The summed E-state index contributed by atoms with van der Waals surface area (Å²) >= 11 is 2.88. The maximum atomic E-state index is 12.6. The zero-order chi connectivity index (χ0) is 29.4. The number of fused-ring (bicyclic) bond motifs is 2. The van der Waals surface area contributed by atoms with Crippen LogP contribution >= 0.6 is 23.1 Å². The first-order valence-electron chi connectivity index (χ1n) is 13.5. The van der Waals surface area contributed by atoms with E-state index in [0.717, 1.165) is 5.39 Å². The first-order chi connectivity index (χ1) is 20.3. The van der Waals surface area contributed by atoms with E-state index in [4.69, 9.17) is 28.9 Å². The minimum atomic E-state index is -1.04. The molecular formula is C28H30N6O6S2. The smallest absolute Gasteiger partial charge is 0.294 e. The molecule has 0 saturated heterocycles. The van der Waals surface area contributed by atoms with E-state index < -0.39 is 5.60 Å². The lowest BCUT2D eigenvalue weighted by molar-refractivity contribution is -0.135. The van der Waals surface area contributed by atoms with Crippen LogP contribution in [-0.4, -0.2) is 87.4 Å². The Kier molecular flexibility index (Phi) is 7.73. The Morgan fingerprint density at radius 1 is 1.29 bits per heavy atom. The molecule has 1 atom stereocenters. The molecule has 4 heterocycles. The monoisotopic (exact) mass is 610 g/mol. The second kappa shape index (κ2) is 11.5. The molecule has 1 aromatic carbocycles. The third kappa shape index (κ3) is 5.39. The summed E-state index contributed by atoms with van der Waals surface area (Å²) in [5.74, 6) is 2.25. The summed E-state index contributed by atoms with van der Waals surface area (Å²) in [4.78, 5) is 24.2. The molecule has 1 unspecified atom stereocenters. The van der Waals surface area contributed by atoms with E-state index in [1.165, 1.54) is 16.2 Å². The van der Waals surface area contributed by atoms with Crippen molar-refractivity contribution in [1.29, 1.82) is 5.26 Å². The van der Waals surface area contributed by atoms with Crippen LogP contribution < -0.4 is 14.2 Å². The Morgan fingerprint density at radius 3 is 2.81 bits per heavy atom. The van der Waals surface area contributed by atoms with Crippen LogP contribution in [0.5, 0.6) is 16.7 Å². The minimum absolute atomic E-state index is 0.0393. The van der Waals surface area contributed by atoms with Crippen molar-refractivity contribution in [3.63, 3.8) is 0 Å². The van der Waals surface area contributed by atoms with Gasteiger partial charge in [0.25, 0.3) is 5.19 Å². The van der Waals surface area contributed by atoms with E-state index in [1.54, 1.807) is 43.7 Å². The molecule has 1 N–H and O–H groups in total. The predicted octanol–water partition coefficient (Wildman–Crippen LogP) is 4.02. The molecular weight excluding hydrogens is 580 g/mol. The van der Waals surface area contributed by atoms with Crippen molar-refractivity contribution in [2.75, 3.05) is 40.2 Å². The number of aliphatic imine (C=N–C) groups is 1. The summed E-state index contributed by atoms with van der Waals surface area (Å²) in [6.45, 7) is 0.387. The zero-order valence-corrected chi connectivity index (χ0v) is 25.0. The molecule has 0 bridgehead atoms. The van der Waals surface area contributed by atoms with E-state index in [-0.39, 0.29) is 24.4 Å². The van der Waals surface area contributed by atoms with Crippen LogP contribution in [0.3, 0.4) is 0 Å². The van der Waals surface area contributed by atoms with Gasteiger partial charge in [-0.15, -0.1) is 16.9 Å². The van der Waals surface area contributed by atoms with Gasteiger partial charge >= 0.3 is 0 Å². The van der Waals surface area contributed by atoms with Gasteiger partial charge in [-0.05, 0) is 43.1 Å². The maximum absolute atomic E-state index is 12.6. The van der Waals surface area contributed by atoms with Crippen LogP contribution in [0.4, 0.5) is 0 Å². The number of nitriles is 1. The number of thioether (sulfide) groups is 1. The number of rotatable bonds is 9. The van der Waals surface area contributed by atoms with Crippen molar-refractivity contribution in [2.24, 2.45) is 10.9 Å². The molecule has 6 rings (SSSR count). The quantitative estimate of drug-likeness (QED) is 0.276. The molecule has 12 nitrogen and oxygen atoms in total. The molecule has 14 heteroatoms. The van der Waals surface area contributed by atoms with Crippen LogP contribution in [-0.2, 0) is 4.79 Å². The Morgan fingerprint density at radius 2 is 2.10 bits per heavy atom. The number of hydrogen-bond acceptors (Lipinski definition) is 12. The molecule has 0 spiro atoms. The topological polar surface area (TPSA) is 148 Å². The van der Waals surface area contributed by atoms with Crippen molar-refractivity contribution in [1.82, 2.24) is 19.5 Å². The summed E-state index contributed by atoms with van der Waals surface area (Å²) in [5, 5.41) is 26.6. The normalized spacial score (nSPS) is 22.2. The molecule has 4 aromatic rings. The number of nitrogens with zero attached hydrogens (tertiary/aromatic N) is 6. The summed E-state index contributed by atoms with van der Waals surface area (Å²) in [7, 11) is 4.80. The number of ether oxygens (including phenoxy) is 3. The number of carbonyl (C=O) groups excluding carboxylic acids is 1. The molecule has 1 fully saturated rings. The summed E-state index contributed by atoms with van der Waals surface area (Å²) in [5.41, 5.74) is 0.205. The number of aliphatic hydroxyl groups is 1. The molecule has 1 saturated carbocycles. The predicted molar refractivity (Wildman–Crippen MR) is 159 cm³/mol. The number of furan rings is 1. The standard InChI is InChI=1S/C28H30N6O6S2/c1-33(9-8-29)24(35)16-4-6-28(36,7-5-16)25-30-17(15-41-25)14-39-21-10-18(37-2)11-22-19(21)12-23(40-22)20-13-34-26(31-20)42-27(32-34)38-3/h10-13,16-17,36H,4-7,9,14-15H2,1-3H3. The SMILES string of the molecule is COc1cc(OCC2CSC(C3(O)CCC(C(=O)N(C)CC#N)CC3)=N2)c2cc(-c3cn4nc(OC)sc4n3)oc2c1. The summed E-state index contributed by atoms with van der Waals surface area (Å²) < 4.78 is 24.7. The lowest BCUT2D eigenvalue weighted by Crippen LogP contribution is -2.44. The Hall–Kier alpha value is -3.80. The number of benzene rings is 1. The van der Waals surface area contributed by atoms with Gasteiger partial charge in [0.2, 0.25) is 10.9 Å². The number of hydrogen-bond donors (Lipinski definition) is 1. The van der Waals surface area contributed by atoms with Crippen LogP contribution in [0, 0.1) is 17.2 Å². The van der Waals surface area contributed by atoms with Gasteiger partial charge in [-0.3, -0.25) is 9.79 Å². The summed E-state index contributed by atoms with van der Waals surface area (Å²) in [6.07, 6.45) is 3.84.